The molecular formula is C22H19ClIN3O6S. The lowest BCUT2D eigenvalue weighted by molar-refractivity contribution is -0.145. The van der Waals surface area contributed by atoms with E-state index in [1.54, 1.807) is 43.3 Å². The number of thioether (sulfide) groups is 1. The van der Waals surface area contributed by atoms with Crippen molar-refractivity contribution in [3.05, 3.63) is 55.5 Å². The summed E-state index contributed by atoms with van der Waals surface area (Å²) >= 11 is 8.83. The van der Waals surface area contributed by atoms with Crippen molar-refractivity contribution in [1.29, 1.82) is 0 Å². The number of carboxylic acid groups (broad SMARTS) is 1. The number of aromatic nitrogens is 3. The van der Waals surface area contributed by atoms with Gasteiger partial charge in [-0.3, -0.25) is 5.10 Å². The molecule has 3 rings (SSSR count). The molecule has 0 radical (unpaired) electrons. The summed E-state index contributed by atoms with van der Waals surface area (Å²) in [5.74, 6) is -0.444. The largest absolute Gasteiger partial charge is 0.493 e. The van der Waals surface area contributed by atoms with E-state index in [0.717, 1.165) is 17.3 Å². The highest BCUT2D eigenvalue weighted by atomic mass is 127. The number of nitrogens with one attached hydrogen (secondary N) is 1. The predicted molar refractivity (Wildman–Crippen MR) is 136 cm³/mol. The molecule has 0 aliphatic rings. The van der Waals surface area contributed by atoms with E-state index in [9.17, 15) is 14.7 Å². The van der Waals surface area contributed by atoms with Crippen molar-refractivity contribution < 1.29 is 28.9 Å². The number of carbonyl (C=O) groups excluding carboxylic acids is 1. The minimum absolute atomic E-state index is 0.000277. The number of carboxylic acids is 1. The van der Waals surface area contributed by atoms with Crippen molar-refractivity contribution in [3.63, 3.8) is 0 Å². The number of hydrogen-bond donors (Lipinski definition) is 2. The van der Waals surface area contributed by atoms with Crippen LogP contribution in [-0.2, 0) is 14.3 Å². The van der Waals surface area contributed by atoms with Gasteiger partial charge in [-0.05, 0) is 89.3 Å². The third-order valence-corrected chi connectivity index (χ3v) is 6.11. The number of rotatable bonds is 10. The number of hydrogen-bond acceptors (Lipinski definition) is 8. The fraction of sp³-hybridized carbons (Fsp3) is 0.182. The molecule has 12 heteroatoms. The summed E-state index contributed by atoms with van der Waals surface area (Å²) in [5.41, 5.74) is 1.32. The molecule has 0 amide bonds. The van der Waals surface area contributed by atoms with Crippen LogP contribution in [0, 0.1) is 3.57 Å². The van der Waals surface area contributed by atoms with E-state index in [4.69, 9.17) is 25.8 Å². The zero-order valence-corrected chi connectivity index (χ0v) is 21.7. The zero-order chi connectivity index (χ0) is 24.7. The van der Waals surface area contributed by atoms with Gasteiger partial charge in [0, 0.05) is 10.6 Å². The first-order valence-electron chi connectivity index (χ1n) is 9.77. The lowest BCUT2D eigenvalue weighted by Crippen LogP contribution is -2.15. The Morgan fingerprint density at radius 3 is 2.65 bits per heavy atom. The molecule has 178 valence electrons. The number of aromatic amines is 1. The minimum atomic E-state index is -1.14. The standard InChI is InChI=1S/C22H19ClIN3O6S/c1-3-32-18(28)11-33-19-15(24)8-12(9-16(19)31-2)10-17(21(29)30)34-22-25-20(26-27-22)13-4-6-14(23)7-5-13/h4-10H,3,11H2,1-2H3,(H,29,30)(H,25,26,27)/b17-10-. The molecule has 1 aromatic heterocycles. The van der Waals surface area contributed by atoms with Crippen LogP contribution >= 0.6 is 46.0 Å². The number of nitrogens with zero attached hydrogens (tertiary/aromatic N) is 2. The maximum absolute atomic E-state index is 11.9. The number of H-pyrrole nitrogens is 1. The van der Waals surface area contributed by atoms with Crippen LogP contribution in [0.3, 0.4) is 0 Å². The lowest BCUT2D eigenvalue weighted by atomic mass is 10.2. The summed E-state index contributed by atoms with van der Waals surface area (Å²) in [6, 6.07) is 10.3. The monoisotopic (exact) mass is 615 g/mol. The first kappa shape index (κ1) is 25.8. The third kappa shape index (κ3) is 6.87. The molecule has 2 aromatic carbocycles. The molecule has 0 fully saturated rings. The SMILES string of the molecule is CCOC(=O)COc1c(I)cc(/C=C(\Sc2n[nH]c(-c3ccc(Cl)cc3)n2)C(=O)O)cc1OC. The normalized spacial score (nSPS) is 11.2. The highest BCUT2D eigenvalue weighted by Gasteiger charge is 2.17. The molecule has 9 nitrogen and oxygen atoms in total. The van der Waals surface area contributed by atoms with Gasteiger partial charge in [-0.2, -0.15) is 0 Å². The molecule has 34 heavy (non-hydrogen) atoms. The second kappa shape index (κ2) is 12.1. The Morgan fingerprint density at radius 1 is 1.26 bits per heavy atom. The number of carbonyl (C=O) groups is 2. The molecule has 0 unspecified atom stereocenters. The van der Waals surface area contributed by atoms with E-state index in [1.807, 2.05) is 22.6 Å². The van der Waals surface area contributed by atoms with Gasteiger partial charge in [-0.25, -0.2) is 14.6 Å². The van der Waals surface area contributed by atoms with Crippen LogP contribution in [0.4, 0.5) is 0 Å². The van der Waals surface area contributed by atoms with E-state index in [-0.39, 0.29) is 23.3 Å². The second-order valence-corrected chi connectivity index (χ2v) is 9.12. The molecular weight excluding hydrogens is 597 g/mol. The van der Waals surface area contributed by atoms with Gasteiger partial charge < -0.3 is 19.3 Å². The maximum atomic E-state index is 11.9. The van der Waals surface area contributed by atoms with Crippen LogP contribution in [0.1, 0.15) is 12.5 Å². The van der Waals surface area contributed by atoms with Gasteiger partial charge >= 0.3 is 11.9 Å². The lowest BCUT2D eigenvalue weighted by Gasteiger charge is -2.13. The number of esters is 1. The molecule has 0 atom stereocenters. The van der Waals surface area contributed by atoms with Crippen molar-refractivity contribution in [2.75, 3.05) is 20.3 Å². The summed E-state index contributed by atoms with van der Waals surface area (Å²) in [7, 11) is 1.45. The van der Waals surface area contributed by atoms with Gasteiger partial charge in [-0.1, -0.05) is 11.6 Å². The molecule has 0 spiro atoms. The predicted octanol–water partition coefficient (Wildman–Crippen LogP) is 4.90. The van der Waals surface area contributed by atoms with Gasteiger partial charge in [-0.15, -0.1) is 5.10 Å². The molecule has 0 aliphatic heterocycles. The Morgan fingerprint density at radius 2 is 2.00 bits per heavy atom. The van der Waals surface area contributed by atoms with Gasteiger partial charge in [0.25, 0.3) is 0 Å². The summed E-state index contributed by atoms with van der Waals surface area (Å²) in [6.07, 6.45) is 1.48. The molecule has 0 bridgehead atoms. The van der Waals surface area contributed by atoms with Gasteiger partial charge in [0.2, 0.25) is 5.16 Å². The smallest absolute Gasteiger partial charge is 0.344 e. The van der Waals surface area contributed by atoms with Crippen LogP contribution in [-0.4, -0.2) is 52.6 Å². The van der Waals surface area contributed by atoms with Gasteiger partial charge in [0.15, 0.2) is 23.9 Å². The average molecular weight is 616 g/mol. The van der Waals surface area contributed by atoms with Crippen molar-refractivity contribution in [2.24, 2.45) is 0 Å². The minimum Gasteiger partial charge on any atom is -0.493 e. The topological polar surface area (TPSA) is 124 Å². The van der Waals surface area contributed by atoms with E-state index in [2.05, 4.69) is 15.2 Å². The molecule has 0 saturated heterocycles. The number of ether oxygens (including phenoxy) is 3. The molecule has 0 aliphatic carbocycles. The first-order chi connectivity index (χ1) is 16.3. The number of methoxy groups -OCH3 is 1. The van der Waals surface area contributed by atoms with Crippen LogP contribution in [0.5, 0.6) is 11.5 Å². The van der Waals surface area contributed by atoms with Crippen LogP contribution in [0.2, 0.25) is 5.02 Å². The Labute approximate surface area is 218 Å². The molecule has 3 aromatic rings. The van der Waals surface area contributed by atoms with Crippen molar-refractivity contribution in [2.45, 2.75) is 12.1 Å². The number of aliphatic carboxylic acids is 1. The highest BCUT2D eigenvalue weighted by molar-refractivity contribution is 14.1. The molecule has 1 heterocycles. The summed E-state index contributed by atoms with van der Waals surface area (Å²) in [6.45, 7) is 1.69. The maximum Gasteiger partial charge on any atom is 0.344 e. The number of halogens is 2. The van der Waals surface area contributed by atoms with Crippen LogP contribution in [0.15, 0.2) is 46.5 Å². The van der Waals surface area contributed by atoms with Crippen LogP contribution in [0.25, 0.3) is 17.5 Å². The quantitative estimate of drug-likeness (QED) is 0.142. The highest BCUT2D eigenvalue weighted by Crippen LogP contribution is 2.36. The van der Waals surface area contributed by atoms with E-state index in [0.29, 0.717) is 31.5 Å². The zero-order valence-electron chi connectivity index (χ0n) is 18.0. The Balaban J connectivity index is 1.82. The molecule has 0 saturated carbocycles. The second-order valence-electron chi connectivity index (χ2n) is 6.52. The summed E-state index contributed by atoms with van der Waals surface area (Å²) in [5, 5.41) is 17.5. The first-order valence-corrected chi connectivity index (χ1v) is 12.0. The van der Waals surface area contributed by atoms with Gasteiger partial charge in [0.05, 0.1) is 17.3 Å². The fourth-order valence-corrected chi connectivity index (χ4v) is 4.32. The van der Waals surface area contributed by atoms with Crippen LogP contribution < -0.4 is 9.47 Å². The number of benzene rings is 2. The van der Waals surface area contributed by atoms with Crippen molar-refractivity contribution in [1.82, 2.24) is 15.2 Å². The Hall–Kier alpha value is -2.77. The average Bonchev–Trinajstić information content (AvgIpc) is 3.26. The van der Waals surface area contributed by atoms with Crippen molar-refractivity contribution >= 4 is 64.0 Å². The van der Waals surface area contributed by atoms with E-state index < -0.39 is 11.9 Å². The van der Waals surface area contributed by atoms with E-state index >= 15 is 0 Å². The Bertz CT molecular complexity index is 1220. The molecule has 2 N–H and O–H groups in total. The summed E-state index contributed by atoms with van der Waals surface area (Å²) < 4.78 is 16.4. The van der Waals surface area contributed by atoms with Crippen molar-refractivity contribution in [3.8, 4) is 22.9 Å². The fourth-order valence-electron chi connectivity index (χ4n) is 2.71. The Kier molecular flexibility index (Phi) is 9.19. The van der Waals surface area contributed by atoms with E-state index in [1.165, 1.54) is 13.2 Å². The van der Waals surface area contributed by atoms with Gasteiger partial charge in [0.1, 0.15) is 4.91 Å². The summed E-state index contributed by atoms with van der Waals surface area (Å²) in [4.78, 5) is 27.9. The third-order valence-electron chi connectivity index (χ3n) is 4.18.